The number of rotatable bonds is 5. The maximum Gasteiger partial charge on any atom is 0.107 e. The Bertz CT molecular complexity index is 174. The van der Waals surface area contributed by atoms with Gasteiger partial charge in [-0.1, -0.05) is 0 Å². The molecule has 2 aliphatic rings. The minimum absolute atomic E-state index is 0.329. The SMILES string of the molecule is CC(OCCN1CCCC1)N1CCCC1. The maximum absolute atomic E-state index is 5.87. The molecule has 0 saturated carbocycles. The summed E-state index contributed by atoms with van der Waals surface area (Å²) >= 11 is 0. The monoisotopic (exact) mass is 212 g/mol. The lowest BCUT2D eigenvalue weighted by atomic mass is 10.4. The number of ether oxygens (including phenoxy) is 1. The lowest BCUT2D eigenvalue weighted by Crippen LogP contribution is -2.34. The van der Waals surface area contributed by atoms with Gasteiger partial charge >= 0.3 is 0 Å². The summed E-state index contributed by atoms with van der Waals surface area (Å²) in [4.78, 5) is 4.96. The van der Waals surface area contributed by atoms with Crippen molar-refractivity contribution < 1.29 is 4.74 Å². The van der Waals surface area contributed by atoms with E-state index in [4.69, 9.17) is 4.74 Å². The van der Waals surface area contributed by atoms with Crippen LogP contribution >= 0.6 is 0 Å². The quantitative estimate of drug-likeness (QED) is 0.687. The minimum Gasteiger partial charge on any atom is -0.362 e. The van der Waals surface area contributed by atoms with Crippen molar-refractivity contribution in [1.29, 1.82) is 0 Å². The smallest absolute Gasteiger partial charge is 0.107 e. The van der Waals surface area contributed by atoms with Gasteiger partial charge in [0, 0.05) is 19.6 Å². The summed E-state index contributed by atoms with van der Waals surface area (Å²) in [5, 5.41) is 0. The van der Waals surface area contributed by atoms with Crippen LogP contribution < -0.4 is 0 Å². The average Bonchev–Trinajstić information content (AvgIpc) is 2.90. The van der Waals surface area contributed by atoms with Gasteiger partial charge in [0.05, 0.1) is 6.61 Å². The van der Waals surface area contributed by atoms with E-state index in [0.29, 0.717) is 6.23 Å². The molecule has 15 heavy (non-hydrogen) atoms. The second kappa shape index (κ2) is 5.83. The van der Waals surface area contributed by atoms with Crippen molar-refractivity contribution in [1.82, 2.24) is 9.80 Å². The van der Waals surface area contributed by atoms with E-state index < -0.39 is 0 Å². The fourth-order valence-electron chi connectivity index (χ4n) is 2.57. The first-order chi connectivity index (χ1) is 7.36. The van der Waals surface area contributed by atoms with Gasteiger partial charge in [-0.05, 0) is 45.7 Å². The molecule has 0 bridgehead atoms. The van der Waals surface area contributed by atoms with Crippen molar-refractivity contribution in [2.75, 3.05) is 39.3 Å². The molecule has 0 radical (unpaired) electrons. The maximum atomic E-state index is 5.87. The highest BCUT2D eigenvalue weighted by Gasteiger charge is 2.18. The Kier molecular flexibility index (Phi) is 4.42. The average molecular weight is 212 g/mol. The Hall–Kier alpha value is -0.120. The highest BCUT2D eigenvalue weighted by Crippen LogP contribution is 2.12. The fourth-order valence-corrected chi connectivity index (χ4v) is 2.57. The predicted molar refractivity (Wildman–Crippen MR) is 61.9 cm³/mol. The molecule has 3 heteroatoms. The molecular formula is C12H24N2O. The molecule has 0 aromatic rings. The molecule has 0 aromatic heterocycles. The van der Waals surface area contributed by atoms with E-state index in [-0.39, 0.29) is 0 Å². The van der Waals surface area contributed by atoms with Gasteiger partial charge in [-0.25, -0.2) is 0 Å². The van der Waals surface area contributed by atoms with Crippen LogP contribution in [0.1, 0.15) is 32.6 Å². The highest BCUT2D eigenvalue weighted by atomic mass is 16.5. The number of likely N-dealkylation sites (tertiary alicyclic amines) is 2. The molecule has 0 spiro atoms. The first-order valence-electron chi connectivity index (χ1n) is 6.44. The standard InChI is InChI=1S/C12H24N2O/c1-12(14-8-4-5-9-14)15-11-10-13-6-2-3-7-13/h12H,2-11H2,1H3. The normalized spacial score (nSPS) is 26.2. The van der Waals surface area contributed by atoms with Gasteiger partial charge < -0.3 is 9.64 Å². The summed E-state index contributed by atoms with van der Waals surface area (Å²) in [6.45, 7) is 9.23. The van der Waals surface area contributed by atoms with Gasteiger partial charge in [-0.3, -0.25) is 4.90 Å². The Balaban J connectivity index is 1.56. The van der Waals surface area contributed by atoms with Crippen molar-refractivity contribution >= 4 is 0 Å². The molecule has 0 amide bonds. The second-order valence-corrected chi connectivity index (χ2v) is 4.76. The molecule has 0 aliphatic carbocycles. The first kappa shape index (κ1) is 11.4. The van der Waals surface area contributed by atoms with Gasteiger partial charge in [0.25, 0.3) is 0 Å². The van der Waals surface area contributed by atoms with Gasteiger partial charge in [-0.15, -0.1) is 0 Å². The number of hydrogen-bond acceptors (Lipinski definition) is 3. The molecule has 1 atom stereocenters. The van der Waals surface area contributed by atoms with Crippen molar-refractivity contribution in [3.8, 4) is 0 Å². The van der Waals surface area contributed by atoms with Gasteiger partial charge in [0.1, 0.15) is 6.23 Å². The highest BCUT2D eigenvalue weighted by molar-refractivity contribution is 4.68. The second-order valence-electron chi connectivity index (χ2n) is 4.76. The Labute approximate surface area is 93.4 Å². The van der Waals surface area contributed by atoms with Crippen molar-refractivity contribution in [2.24, 2.45) is 0 Å². The van der Waals surface area contributed by atoms with Crippen LogP contribution in [0.2, 0.25) is 0 Å². The molecular weight excluding hydrogens is 188 g/mol. The Morgan fingerprint density at radius 2 is 1.60 bits per heavy atom. The molecule has 0 N–H and O–H groups in total. The molecule has 2 rings (SSSR count). The molecule has 3 nitrogen and oxygen atoms in total. The number of hydrogen-bond donors (Lipinski definition) is 0. The van der Waals surface area contributed by atoms with E-state index in [9.17, 15) is 0 Å². The zero-order valence-corrected chi connectivity index (χ0v) is 9.95. The summed E-state index contributed by atoms with van der Waals surface area (Å²) in [7, 11) is 0. The predicted octanol–water partition coefficient (Wildman–Crippen LogP) is 1.54. The molecule has 0 aromatic carbocycles. The van der Waals surface area contributed by atoms with E-state index in [2.05, 4.69) is 16.7 Å². The topological polar surface area (TPSA) is 15.7 Å². The van der Waals surface area contributed by atoms with E-state index in [1.54, 1.807) is 0 Å². The first-order valence-corrected chi connectivity index (χ1v) is 6.44. The third-order valence-corrected chi connectivity index (χ3v) is 3.62. The molecule has 2 saturated heterocycles. The summed E-state index contributed by atoms with van der Waals surface area (Å²) in [6.07, 6.45) is 5.78. The van der Waals surface area contributed by atoms with Gasteiger partial charge in [-0.2, -0.15) is 0 Å². The molecule has 2 aliphatic heterocycles. The summed E-state index contributed by atoms with van der Waals surface area (Å²) in [5.74, 6) is 0. The number of nitrogens with zero attached hydrogens (tertiary/aromatic N) is 2. The van der Waals surface area contributed by atoms with Crippen LogP contribution in [0.15, 0.2) is 0 Å². The lowest BCUT2D eigenvalue weighted by molar-refractivity contribution is -0.0413. The van der Waals surface area contributed by atoms with Gasteiger partial charge in [0.15, 0.2) is 0 Å². The zero-order chi connectivity index (χ0) is 10.5. The molecule has 2 fully saturated rings. The fraction of sp³-hybridized carbons (Fsp3) is 1.00. The molecule has 2 heterocycles. The van der Waals surface area contributed by atoms with E-state index in [1.165, 1.54) is 51.9 Å². The van der Waals surface area contributed by atoms with Crippen molar-refractivity contribution in [3.63, 3.8) is 0 Å². The van der Waals surface area contributed by atoms with Crippen LogP contribution in [0, 0.1) is 0 Å². The Morgan fingerprint density at radius 3 is 2.27 bits per heavy atom. The van der Waals surface area contributed by atoms with Crippen LogP contribution in [0.4, 0.5) is 0 Å². The largest absolute Gasteiger partial charge is 0.362 e. The van der Waals surface area contributed by atoms with Gasteiger partial charge in [0.2, 0.25) is 0 Å². The van der Waals surface area contributed by atoms with E-state index in [1.807, 2.05) is 0 Å². The van der Waals surface area contributed by atoms with E-state index in [0.717, 1.165) is 13.2 Å². The van der Waals surface area contributed by atoms with Crippen LogP contribution in [-0.2, 0) is 4.74 Å². The third-order valence-electron chi connectivity index (χ3n) is 3.62. The summed E-state index contributed by atoms with van der Waals surface area (Å²) in [6, 6.07) is 0. The van der Waals surface area contributed by atoms with Crippen LogP contribution in [0.25, 0.3) is 0 Å². The summed E-state index contributed by atoms with van der Waals surface area (Å²) in [5.41, 5.74) is 0. The lowest BCUT2D eigenvalue weighted by Gasteiger charge is -2.25. The molecule has 88 valence electrons. The molecule has 1 unspecified atom stereocenters. The van der Waals surface area contributed by atoms with Crippen LogP contribution in [0.5, 0.6) is 0 Å². The van der Waals surface area contributed by atoms with Crippen molar-refractivity contribution in [3.05, 3.63) is 0 Å². The van der Waals surface area contributed by atoms with Crippen molar-refractivity contribution in [2.45, 2.75) is 38.8 Å². The Morgan fingerprint density at radius 1 is 1.00 bits per heavy atom. The van der Waals surface area contributed by atoms with E-state index >= 15 is 0 Å². The third kappa shape index (κ3) is 3.44. The minimum atomic E-state index is 0.329. The van der Waals surface area contributed by atoms with Crippen LogP contribution in [0.3, 0.4) is 0 Å². The van der Waals surface area contributed by atoms with Crippen LogP contribution in [-0.4, -0.2) is 55.4 Å². The summed E-state index contributed by atoms with van der Waals surface area (Å²) < 4.78 is 5.87. The zero-order valence-electron chi connectivity index (χ0n) is 9.95.